The molecular weight excluding hydrogens is 462 g/mol. The van der Waals surface area contributed by atoms with Gasteiger partial charge in [0.2, 0.25) is 11.8 Å². The summed E-state index contributed by atoms with van der Waals surface area (Å²) in [5.41, 5.74) is 0.638. The number of hydrogen-bond acceptors (Lipinski definition) is 7. The van der Waals surface area contributed by atoms with Crippen LogP contribution in [0.25, 0.3) is 10.6 Å². The van der Waals surface area contributed by atoms with E-state index in [1.807, 2.05) is 31.4 Å². The molecule has 33 heavy (non-hydrogen) atoms. The number of nitrogens with one attached hydrogen (secondary N) is 3. The quantitative estimate of drug-likeness (QED) is 0.471. The van der Waals surface area contributed by atoms with E-state index in [-0.39, 0.29) is 34.9 Å². The zero-order valence-corrected chi connectivity index (χ0v) is 19.8. The molecule has 0 aliphatic carbocycles. The fourth-order valence-electron chi connectivity index (χ4n) is 3.47. The van der Waals surface area contributed by atoms with E-state index in [0.29, 0.717) is 11.5 Å². The van der Waals surface area contributed by atoms with Crippen LogP contribution in [0.4, 0.5) is 5.82 Å². The molecule has 0 saturated carbocycles. The van der Waals surface area contributed by atoms with E-state index in [4.69, 9.17) is 0 Å². The van der Waals surface area contributed by atoms with E-state index in [0.717, 1.165) is 4.88 Å². The number of anilines is 1. The lowest BCUT2D eigenvalue weighted by Crippen LogP contribution is -2.57. The van der Waals surface area contributed by atoms with Gasteiger partial charge in [0.25, 0.3) is 0 Å². The van der Waals surface area contributed by atoms with Gasteiger partial charge in [0.05, 0.1) is 21.4 Å². The Bertz CT molecular complexity index is 1240. The van der Waals surface area contributed by atoms with Gasteiger partial charge in [-0.05, 0) is 30.5 Å². The summed E-state index contributed by atoms with van der Waals surface area (Å²) in [6, 6.07) is 13.5. The molecule has 2 amide bonds. The van der Waals surface area contributed by atoms with Gasteiger partial charge in [-0.2, -0.15) is 5.10 Å². The van der Waals surface area contributed by atoms with Crippen molar-refractivity contribution in [1.29, 1.82) is 0 Å². The zero-order chi connectivity index (χ0) is 23.6. The lowest BCUT2D eigenvalue weighted by atomic mass is 10.0. The zero-order valence-electron chi connectivity index (χ0n) is 18.2. The van der Waals surface area contributed by atoms with Crippen molar-refractivity contribution in [2.75, 3.05) is 11.1 Å². The Kier molecular flexibility index (Phi) is 6.63. The first-order chi connectivity index (χ1) is 15.7. The summed E-state index contributed by atoms with van der Waals surface area (Å²) >= 11 is 1.50. The molecule has 3 atom stereocenters. The molecular formula is C22H25N5O4S2. The average molecular weight is 488 g/mol. The Hall–Kier alpha value is -3.02. The topological polar surface area (TPSA) is 122 Å². The minimum Gasteiger partial charge on any atom is -0.322 e. The molecule has 174 valence electrons. The maximum Gasteiger partial charge on any atom is 0.227 e. The Morgan fingerprint density at radius 1 is 1.18 bits per heavy atom. The van der Waals surface area contributed by atoms with E-state index in [9.17, 15) is 18.0 Å². The van der Waals surface area contributed by atoms with Crippen molar-refractivity contribution in [2.24, 2.45) is 5.92 Å². The van der Waals surface area contributed by atoms with E-state index in [1.54, 1.807) is 24.3 Å². The molecule has 3 heterocycles. The molecule has 1 aliphatic rings. The van der Waals surface area contributed by atoms with Crippen LogP contribution in [0.1, 0.15) is 26.6 Å². The Labute approximate surface area is 196 Å². The highest BCUT2D eigenvalue weighted by Gasteiger charge is 2.32. The third-order valence-corrected chi connectivity index (χ3v) is 8.21. The van der Waals surface area contributed by atoms with Crippen molar-refractivity contribution >= 4 is 38.8 Å². The van der Waals surface area contributed by atoms with Gasteiger partial charge in [0.15, 0.2) is 16.1 Å². The van der Waals surface area contributed by atoms with Crippen LogP contribution in [-0.4, -0.2) is 41.8 Å². The number of carbonyl (C=O) groups is 2. The molecule has 3 unspecified atom stereocenters. The molecule has 1 saturated heterocycles. The average Bonchev–Trinajstić information content (AvgIpc) is 3.47. The van der Waals surface area contributed by atoms with Crippen molar-refractivity contribution < 1.29 is 18.0 Å². The van der Waals surface area contributed by atoms with Crippen LogP contribution in [0.2, 0.25) is 0 Å². The maximum absolute atomic E-state index is 12.7. The van der Waals surface area contributed by atoms with Crippen molar-refractivity contribution in [2.45, 2.75) is 37.5 Å². The molecule has 1 aromatic carbocycles. The molecule has 0 radical (unpaired) electrons. The van der Waals surface area contributed by atoms with Crippen molar-refractivity contribution in [3.8, 4) is 10.6 Å². The van der Waals surface area contributed by atoms with E-state index in [1.165, 1.54) is 28.2 Å². The highest BCUT2D eigenvalue weighted by molar-refractivity contribution is 7.91. The number of benzene rings is 1. The summed E-state index contributed by atoms with van der Waals surface area (Å²) in [6.07, 6.45) is -0.866. The minimum atomic E-state index is -3.58. The Balaban J connectivity index is 1.54. The fourth-order valence-corrected chi connectivity index (χ4v) is 5.41. The number of thiophene rings is 1. The molecule has 0 spiro atoms. The third-order valence-electron chi connectivity index (χ3n) is 5.58. The number of rotatable bonds is 7. The molecule has 2 aromatic heterocycles. The molecule has 11 heteroatoms. The van der Waals surface area contributed by atoms with Crippen LogP contribution in [0.5, 0.6) is 0 Å². The van der Waals surface area contributed by atoms with E-state index < -0.39 is 22.0 Å². The fraction of sp³-hybridized carbons (Fsp3) is 0.318. The van der Waals surface area contributed by atoms with Crippen LogP contribution in [0, 0.1) is 5.92 Å². The van der Waals surface area contributed by atoms with Crippen molar-refractivity contribution in [1.82, 2.24) is 20.4 Å². The van der Waals surface area contributed by atoms with Crippen LogP contribution in [0.15, 0.2) is 58.8 Å². The molecule has 3 aromatic rings. The normalized spacial score (nSPS) is 20.9. The predicted molar refractivity (Wildman–Crippen MR) is 126 cm³/mol. The van der Waals surface area contributed by atoms with Crippen LogP contribution < -0.4 is 16.0 Å². The number of carbonyl (C=O) groups excluding carboxylic acids is 2. The predicted octanol–water partition coefficient (Wildman–Crippen LogP) is 2.61. The Morgan fingerprint density at radius 3 is 2.61 bits per heavy atom. The van der Waals surface area contributed by atoms with Crippen LogP contribution in [-0.2, 0) is 19.4 Å². The number of aromatic nitrogens is 2. The maximum atomic E-state index is 12.7. The summed E-state index contributed by atoms with van der Waals surface area (Å²) in [5, 5.41) is 15.4. The summed E-state index contributed by atoms with van der Waals surface area (Å²) in [7, 11) is -3.58. The van der Waals surface area contributed by atoms with Gasteiger partial charge >= 0.3 is 0 Å². The monoisotopic (exact) mass is 487 g/mol. The standard InChI is InChI=1S/C22H25N5O4S2/c1-14-15(2)23-22(25-21(14)29)27-19(13-17(26-27)18-9-6-11-32-18)24-20(28)10-12-33(30,31)16-7-4-3-5-8-16/h3-9,11,13-15,22-23H,10,12H2,1-2H3,(H,24,28)(H,25,29). The second-order valence-electron chi connectivity index (χ2n) is 7.92. The molecule has 3 N–H and O–H groups in total. The number of hydrogen-bond donors (Lipinski definition) is 3. The summed E-state index contributed by atoms with van der Waals surface area (Å²) in [6.45, 7) is 3.74. The van der Waals surface area contributed by atoms with Gasteiger partial charge in [-0.3, -0.25) is 14.9 Å². The lowest BCUT2D eigenvalue weighted by Gasteiger charge is -2.34. The van der Waals surface area contributed by atoms with Crippen molar-refractivity contribution in [3.63, 3.8) is 0 Å². The second-order valence-corrected chi connectivity index (χ2v) is 11.0. The van der Waals surface area contributed by atoms with E-state index in [2.05, 4.69) is 21.0 Å². The molecule has 9 nitrogen and oxygen atoms in total. The first-order valence-electron chi connectivity index (χ1n) is 10.5. The first-order valence-corrected chi connectivity index (χ1v) is 13.1. The number of amides is 2. The summed E-state index contributed by atoms with van der Waals surface area (Å²) in [4.78, 5) is 26.1. The molecule has 1 aliphatic heterocycles. The lowest BCUT2D eigenvalue weighted by molar-refractivity contribution is -0.130. The number of sulfone groups is 1. The minimum absolute atomic E-state index is 0.0993. The Morgan fingerprint density at radius 2 is 1.94 bits per heavy atom. The summed E-state index contributed by atoms with van der Waals surface area (Å²) < 4.78 is 26.5. The molecule has 1 fully saturated rings. The van der Waals surface area contributed by atoms with Gasteiger partial charge in [0, 0.05) is 18.5 Å². The van der Waals surface area contributed by atoms with Crippen molar-refractivity contribution in [3.05, 3.63) is 53.9 Å². The van der Waals surface area contributed by atoms with Gasteiger partial charge in [-0.1, -0.05) is 31.2 Å². The SMILES string of the molecule is CC1NC(n2nc(-c3cccs3)cc2NC(=O)CCS(=O)(=O)c2ccccc2)NC(=O)C1C. The van der Waals surface area contributed by atoms with Gasteiger partial charge in [-0.25, -0.2) is 13.1 Å². The smallest absolute Gasteiger partial charge is 0.227 e. The number of nitrogens with zero attached hydrogens (tertiary/aromatic N) is 2. The van der Waals surface area contributed by atoms with Gasteiger partial charge in [-0.15, -0.1) is 11.3 Å². The third kappa shape index (κ3) is 5.15. The highest BCUT2D eigenvalue weighted by Crippen LogP contribution is 2.28. The first kappa shape index (κ1) is 23.1. The molecule has 4 rings (SSSR count). The highest BCUT2D eigenvalue weighted by atomic mass is 32.2. The van der Waals surface area contributed by atoms with Gasteiger partial charge in [0.1, 0.15) is 11.5 Å². The van der Waals surface area contributed by atoms with Gasteiger partial charge < -0.3 is 10.6 Å². The van der Waals surface area contributed by atoms with Crippen LogP contribution in [0.3, 0.4) is 0 Å². The summed E-state index contributed by atoms with van der Waals surface area (Å²) in [5.74, 6) is -0.751. The largest absolute Gasteiger partial charge is 0.322 e. The second kappa shape index (κ2) is 9.46. The molecule has 0 bridgehead atoms. The van der Waals surface area contributed by atoms with E-state index >= 15 is 0 Å². The van der Waals surface area contributed by atoms with Crippen LogP contribution >= 0.6 is 11.3 Å².